The van der Waals surface area contributed by atoms with Crippen LogP contribution in [0.4, 0.5) is 0 Å². The van der Waals surface area contributed by atoms with Gasteiger partial charge in [0, 0.05) is 28.5 Å². The second-order valence-electron chi connectivity index (χ2n) is 7.70. The molecule has 0 fully saturated rings. The van der Waals surface area contributed by atoms with E-state index in [0.29, 0.717) is 18.7 Å². The molecule has 1 aliphatic rings. The van der Waals surface area contributed by atoms with Gasteiger partial charge in [0.1, 0.15) is 0 Å². The summed E-state index contributed by atoms with van der Waals surface area (Å²) in [6, 6.07) is 16.2. The highest BCUT2D eigenvalue weighted by atomic mass is 32.1. The zero-order valence-corrected chi connectivity index (χ0v) is 18.4. The molecule has 4 aromatic rings. The van der Waals surface area contributed by atoms with E-state index in [1.807, 2.05) is 41.4 Å². The van der Waals surface area contributed by atoms with E-state index in [9.17, 15) is 4.79 Å². The largest absolute Gasteiger partial charge is 0.493 e. The van der Waals surface area contributed by atoms with E-state index in [1.165, 1.54) is 5.56 Å². The molecule has 0 unspecified atom stereocenters. The number of benzene rings is 2. The van der Waals surface area contributed by atoms with Crippen molar-refractivity contribution in [2.45, 2.75) is 18.9 Å². The summed E-state index contributed by atoms with van der Waals surface area (Å²) in [5.41, 5.74) is 4.40. The standard InChI is InChI=1S/C25H24N2O3S/c1-29-21-12-16-9-10-27(24(28)13-17-15-26-20-7-4-3-6-18(17)20)25(23-8-5-11-31-23)19(16)14-22(21)30-2/h3-8,11-12,14-15,25-26H,9-10,13H2,1-2H3/t25-/m1/s1. The number of ether oxygens (including phenoxy) is 2. The van der Waals surface area contributed by atoms with Crippen molar-refractivity contribution in [1.82, 2.24) is 9.88 Å². The molecule has 158 valence electrons. The van der Waals surface area contributed by atoms with Gasteiger partial charge >= 0.3 is 0 Å². The predicted octanol–water partition coefficient (Wildman–Crippen LogP) is 4.96. The van der Waals surface area contributed by atoms with Crippen molar-refractivity contribution in [3.05, 3.63) is 81.7 Å². The molecule has 5 rings (SSSR count). The number of nitrogens with zero attached hydrogens (tertiary/aromatic N) is 1. The molecular formula is C25H24N2O3S. The molecule has 2 aromatic heterocycles. The van der Waals surface area contributed by atoms with Crippen LogP contribution >= 0.6 is 11.3 Å². The summed E-state index contributed by atoms with van der Waals surface area (Å²) in [4.78, 5) is 20.0. The first-order chi connectivity index (χ1) is 15.2. The van der Waals surface area contributed by atoms with Crippen LogP contribution < -0.4 is 9.47 Å². The summed E-state index contributed by atoms with van der Waals surface area (Å²) in [5, 5.41) is 3.17. The summed E-state index contributed by atoms with van der Waals surface area (Å²) in [7, 11) is 3.30. The highest BCUT2D eigenvalue weighted by Crippen LogP contribution is 2.42. The minimum atomic E-state index is -0.124. The molecular weight excluding hydrogens is 408 g/mol. The average Bonchev–Trinajstić information content (AvgIpc) is 3.48. The molecule has 0 spiro atoms. The fourth-order valence-corrected chi connectivity index (χ4v) is 5.36. The van der Waals surface area contributed by atoms with Gasteiger partial charge in [-0.2, -0.15) is 0 Å². The Morgan fingerprint density at radius 1 is 1.13 bits per heavy atom. The Balaban J connectivity index is 1.53. The van der Waals surface area contributed by atoms with Crippen molar-refractivity contribution < 1.29 is 14.3 Å². The minimum Gasteiger partial charge on any atom is -0.493 e. The van der Waals surface area contributed by atoms with Gasteiger partial charge in [0.2, 0.25) is 5.91 Å². The summed E-state index contributed by atoms with van der Waals surface area (Å²) in [6.45, 7) is 0.673. The monoisotopic (exact) mass is 432 g/mol. The van der Waals surface area contributed by atoms with Crippen LogP contribution in [-0.4, -0.2) is 36.6 Å². The maximum atomic E-state index is 13.6. The van der Waals surface area contributed by atoms with Crippen molar-refractivity contribution in [1.29, 1.82) is 0 Å². The molecule has 2 aromatic carbocycles. The van der Waals surface area contributed by atoms with Crippen LogP contribution in [0.3, 0.4) is 0 Å². The molecule has 3 heterocycles. The Kier molecular flexibility index (Phi) is 5.16. The van der Waals surface area contributed by atoms with Crippen molar-refractivity contribution in [2.24, 2.45) is 0 Å². The third-order valence-corrected chi connectivity index (χ3v) is 6.95. The van der Waals surface area contributed by atoms with Gasteiger partial charge in [0.05, 0.1) is 26.7 Å². The van der Waals surface area contributed by atoms with Crippen LogP contribution in [0.15, 0.2) is 60.1 Å². The van der Waals surface area contributed by atoms with Gasteiger partial charge < -0.3 is 19.4 Å². The Morgan fingerprint density at radius 2 is 1.94 bits per heavy atom. The fourth-order valence-electron chi connectivity index (χ4n) is 4.51. The number of para-hydroxylation sites is 1. The summed E-state index contributed by atoms with van der Waals surface area (Å²) < 4.78 is 11.1. The lowest BCUT2D eigenvalue weighted by Gasteiger charge is -2.37. The molecule has 1 N–H and O–H groups in total. The SMILES string of the molecule is COc1cc2c(cc1OC)[C@H](c1cccs1)N(C(=O)Cc1c[nH]c3ccccc13)CC2. The Labute approximate surface area is 185 Å². The second-order valence-corrected chi connectivity index (χ2v) is 8.68. The Morgan fingerprint density at radius 3 is 2.71 bits per heavy atom. The molecule has 1 amide bonds. The minimum absolute atomic E-state index is 0.124. The van der Waals surface area contributed by atoms with E-state index in [-0.39, 0.29) is 11.9 Å². The van der Waals surface area contributed by atoms with E-state index >= 15 is 0 Å². The summed E-state index contributed by atoms with van der Waals surface area (Å²) >= 11 is 1.68. The lowest BCUT2D eigenvalue weighted by Crippen LogP contribution is -2.41. The van der Waals surface area contributed by atoms with E-state index < -0.39 is 0 Å². The first-order valence-corrected chi connectivity index (χ1v) is 11.2. The summed E-state index contributed by atoms with van der Waals surface area (Å²) in [5.74, 6) is 1.54. The third-order valence-electron chi connectivity index (χ3n) is 6.02. The van der Waals surface area contributed by atoms with E-state index in [4.69, 9.17) is 9.47 Å². The Hall–Kier alpha value is -3.25. The van der Waals surface area contributed by atoms with Crippen LogP contribution in [0.5, 0.6) is 11.5 Å². The van der Waals surface area contributed by atoms with Gasteiger partial charge in [-0.05, 0) is 52.8 Å². The zero-order chi connectivity index (χ0) is 21.4. The Bertz CT molecular complexity index is 1230. The normalized spacial score (nSPS) is 15.7. The van der Waals surface area contributed by atoms with Crippen LogP contribution in [-0.2, 0) is 17.6 Å². The van der Waals surface area contributed by atoms with E-state index in [1.54, 1.807) is 25.6 Å². The molecule has 0 radical (unpaired) electrons. The smallest absolute Gasteiger partial charge is 0.227 e. The number of hydrogen-bond donors (Lipinski definition) is 1. The van der Waals surface area contributed by atoms with E-state index in [0.717, 1.165) is 39.1 Å². The lowest BCUT2D eigenvalue weighted by atomic mass is 9.90. The summed E-state index contributed by atoms with van der Waals surface area (Å²) in [6.07, 6.45) is 3.11. The first-order valence-electron chi connectivity index (χ1n) is 10.3. The number of thiophene rings is 1. The van der Waals surface area contributed by atoms with Gasteiger partial charge in [0.15, 0.2) is 11.5 Å². The number of amides is 1. The van der Waals surface area contributed by atoms with Gasteiger partial charge in [-0.1, -0.05) is 24.3 Å². The topological polar surface area (TPSA) is 54.6 Å². The highest BCUT2D eigenvalue weighted by Gasteiger charge is 2.34. The first kappa shape index (κ1) is 19.7. The number of aromatic nitrogens is 1. The number of methoxy groups -OCH3 is 2. The van der Waals surface area contributed by atoms with Gasteiger partial charge in [0.25, 0.3) is 0 Å². The molecule has 0 saturated heterocycles. The van der Waals surface area contributed by atoms with Crippen molar-refractivity contribution in [2.75, 3.05) is 20.8 Å². The molecule has 0 aliphatic carbocycles. The quantitative estimate of drug-likeness (QED) is 0.485. The molecule has 5 nitrogen and oxygen atoms in total. The fraction of sp³-hybridized carbons (Fsp3) is 0.240. The molecule has 0 saturated carbocycles. The highest BCUT2D eigenvalue weighted by molar-refractivity contribution is 7.10. The van der Waals surface area contributed by atoms with Gasteiger partial charge in [-0.15, -0.1) is 11.3 Å². The van der Waals surface area contributed by atoms with Crippen molar-refractivity contribution in [3.63, 3.8) is 0 Å². The van der Waals surface area contributed by atoms with Crippen LogP contribution in [0.2, 0.25) is 0 Å². The number of carbonyl (C=O) groups is 1. The molecule has 6 heteroatoms. The van der Waals surface area contributed by atoms with Crippen LogP contribution in [0.1, 0.15) is 27.6 Å². The number of nitrogens with one attached hydrogen (secondary N) is 1. The number of hydrogen-bond acceptors (Lipinski definition) is 4. The maximum absolute atomic E-state index is 13.6. The van der Waals surface area contributed by atoms with Crippen molar-refractivity contribution in [3.8, 4) is 11.5 Å². The lowest BCUT2D eigenvalue weighted by molar-refractivity contribution is -0.132. The van der Waals surface area contributed by atoms with Gasteiger partial charge in [-0.3, -0.25) is 4.79 Å². The molecule has 1 atom stereocenters. The molecule has 1 aliphatic heterocycles. The zero-order valence-electron chi connectivity index (χ0n) is 17.6. The maximum Gasteiger partial charge on any atom is 0.227 e. The number of carbonyl (C=O) groups excluding carboxylic acids is 1. The second kappa shape index (κ2) is 8.12. The van der Waals surface area contributed by atoms with Crippen molar-refractivity contribution >= 4 is 28.1 Å². The molecule has 0 bridgehead atoms. The van der Waals surface area contributed by atoms with Crippen LogP contribution in [0, 0.1) is 0 Å². The molecule has 31 heavy (non-hydrogen) atoms. The number of H-pyrrole nitrogens is 1. The van der Waals surface area contributed by atoms with Crippen LogP contribution in [0.25, 0.3) is 10.9 Å². The average molecular weight is 433 g/mol. The number of fused-ring (bicyclic) bond motifs is 2. The predicted molar refractivity (Wildman–Crippen MR) is 123 cm³/mol. The number of aromatic amines is 1. The number of rotatable bonds is 5. The van der Waals surface area contributed by atoms with E-state index in [2.05, 4.69) is 28.6 Å². The van der Waals surface area contributed by atoms with Gasteiger partial charge in [-0.25, -0.2) is 0 Å². The third kappa shape index (κ3) is 3.47.